The number of ether oxygens (including phenoxy) is 1. The van der Waals surface area contributed by atoms with Crippen LogP contribution in [-0.2, 0) is 11.3 Å². The van der Waals surface area contributed by atoms with E-state index in [1.807, 2.05) is 19.9 Å². The number of Topliss-reactive ketones (excluding diaryl/α,β-unsaturated/α-hetero) is 1. The average molecular weight is 222 g/mol. The van der Waals surface area contributed by atoms with Gasteiger partial charge in [0.2, 0.25) is 0 Å². The predicted molar refractivity (Wildman–Crippen MR) is 60.5 cm³/mol. The van der Waals surface area contributed by atoms with Gasteiger partial charge in [-0.05, 0) is 32.8 Å². The van der Waals surface area contributed by atoms with Crippen molar-refractivity contribution in [2.45, 2.75) is 33.2 Å². The van der Waals surface area contributed by atoms with Crippen LogP contribution < -0.4 is 0 Å². The first kappa shape index (κ1) is 11.3. The molecule has 0 radical (unpaired) electrons. The summed E-state index contributed by atoms with van der Waals surface area (Å²) in [5, 5.41) is 4.30. The van der Waals surface area contributed by atoms with Crippen molar-refractivity contribution in [1.29, 1.82) is 0 Å². The lowest BCUT2D eigenvalue weighted by Gasteiger charge is -2.20. The van der Waals surface area contributed by atoms with Crippen LogP contribution in [0.15, 0.2) is 6.07 Å². The van der Waals surface area contributed by atoms with E-state index < -0.39 is 0 Å². The van der Waals surface area contributed by atoms with E-state index in [0.29, 0.717) is 6.61 Å². The van der Waals surface area contributed by atoms with Crippen LogP contribution in [0.2, 0.25) is 0 Å². The topological polar surface area (TPSA) is 44.1 Å². The molecule has 1 aromatic heterocycles. The molecule has 0 N–H and O–H groups in total. The zero-order chi connectivity index (χ0) is 11.5. The van der Waals surface area contributed by atoms with Crippen LogP contribution in [0.3, 0.4) is 0 Å². The van der Waals surface area contributed by atoms with E-state index in [4.69, 9.17) is 4.74 Å². The van der Waals surface area contributed by atoms with Crippen molar-refractivity contribution in [2.75, 3.05) is 13.2 Å². The molecule has 0 spiro atoms. The van der Waals surface area contributed by atoms with E-state index in [1.54, 1.807) is 4.68 Å². The van der Waals surface area contributed by atoms with Gasteiger partial charge in [0.05, 0.1) is 12.3 Å². The van der Waals surface area contributed by atoms with Crippen molar-refractivity contribution in [2.24, 2.45) is 5.92 Å². The van der Waals surface area contributed by atoms with Crippen LogP contribution in [0.5, 0.6) is 0 Å². The Bertz CT molecular complexity index is 378. The molecule has 1 unspecified atom stereocenters. The normalized spacial score (nSPS) is 21.0. The molecule has 0 amide bonds. The summed E-state index contributed by atoms with van der Waals surface area (Å²) in [7, 11) is 0. The molecule has 1 atom stereocenters. The lowest BCUT2D eigenvalue weighted by Crippen LogP contribution is -2.27. The number of aromatic nitrogens is 2. The number of aryl methyl sites for hydroxylation is 2. The lowest BCUT2D eigenvalue weighted by atomic mass is 9.95. The second kappa shape index (κ2) is 4.78. The minimum absolute atomic E-state index is 0.0233. The summed E-state index contributed by atoms with van der Waals surface area (Å²) in [6.45, 7) is 6.01. The molecule has 0 aromatic carbocycles. The van der Waals surface area contributed by atoms with Crippen LogP contribution >= 0.6 is 0 Å². The summed E-state index contributed by atoms with van der Waals surface area (Å²) >= 11 is 0. The maximum atomic E-state index is 12.3. The maximum absolute atomic E-state index is 12.3. The molecule has 1 aromatic rings. The van der Waals surface area contributed by atoms with Crippen molar-refractivity contribution in [3.63, 3.8) is 0 Å². The van der Waals surface area contributed by atoms with E-state index >= 15 is 0 Å². The largest absolute Gasteiger partial charge is 0.381 e. The van der Waals surface area contributed by atoms with Gasteiger partial charge in [-0.2, -0.15) is 5.10 Å². The Kier molecular flexibility index (Phi) is 3.39. The number of carbonyl (C=O) groups excluding carboxylic acids is 1. The SMILES string of the molecule is CCn1nc(C)cc1C(=O)C1CCCOC1. The summed E-state index contributed by atoms with van der Waals surface area (Å²) in [4.78, 5) is 12.3. The highest BCUT2D eigenvalue weighted by Crippen LogP contribution is 2.19. The summed E-state index contributed by atoms with van der Waals surface area (Å²) < 4.78 is 7.14. The van der Waals surface area contributed by atoms with Gasteiger partial charge < -0.3 is 4.74 Å². The third-order valence-corrected chi connectivity index (χ3v) is 2.99. The third-order valence-electron chi connectivity index (χ3n) is 2.99. The maximum Gasteiger partial charge on any atom is 0.186 e. The van der Waals surface area contributed by atoms with Gasteiger partial charge in [-0.25, -0.2) is 0 Å². The zero-order valence-electron chi connectivity index (χ0n) is 9.90. The molecular weight excluding hydrogens is 204 g/mol. The minimum Gasteiger partial charge on any atom is -0.381 e. The Hall–Kier alpha value is -1.16. The smallest absolute Gasteiger partial charge is 0.186 e. The van der Waals surface area contributed by atoms with Crippen molar-refractivity contribution < 1.29 is 9.53 Å². The lowest BCUT2D eigenvalue weighted by molar-refractivity contribution is 0.0454. The zero-order valence-corrected chi connectivity index (χ0v) is 9.90. The van der Waals surface area contributed by atoms with Crippen molar-refractivity contribution in [3.05, 3.63) is 17.5 Å². The number of ketones is 1. The van der Waals surface area contributed by atoms with Gasteiger partial charge in [0.15, 0.2) is 5.78 Å². The molecule has 0 bridgehead atoms. The van der Waals surface area contributed by atoms with Gasteiger partial charge in [0.1, 0.15) is 5.69 Å². The molecule has 1 fully saturated rings. The highest BCUT2D eigenvalue weighted by molar-refractivity contribution is 5.96. The first-order chi connectivity index (χ1) is 7.72. The summed E-state index contributed by atoms with van der Waals surface area (Å²) in [6.07, 6.45) is 1.92. The van der Waals surface area contributed by atoms with Gasteiger partial charge in [0, 0.05) is 19.1 Å². The molecule has 88 valence electrons. The summed E-state index contributed by atoms with van der Waals surface area (Å²) in [5.41, 5.74) is 1.64. The highest BCUT2D eigenvalue weighted by atomic mass is 16.5. The van der Waals surface area contributed by atoms with Crippen molar-refractivity contribution in [3.8, 4) is 0 Å². The second-order valence-corrected chi connectivity index (χ2v) is 4.27. The molecule has 16 heavy (non-hydrogen) atoms. The molecular formula is C12H18N2O2. The van der Waals surface area contributed by atoms with Crippen LogP contribution in [0.4, 0.5) is 0 Å². The van der Waals surface area contributed by atoms with Gasteiger partial charge in [0.25, 0.3) is 0 Å². The number of hydrogen-bond acceptors (Lipinski definition) is 3. The summed E-state index contributed by atoms with van der Waals surface area (Å²) in [6, 6.07) is 1.88. The fraction of sp³-hybridized carbons (Fsp3) is 0.667. The predicted octanol–water partition coefficient (Wildman–Crippen LogP) is 1.82. The number of rotatable bonds is 3. The van der Waals surface area contributed by atoms with E-state index in [-0.39, 0.29) is 11.7 Å². The van der Waals surface area contributed by atoms with Gasteiger partial charge >= 0.3 is 0 Å². The van der Waals surface area contributed by atoms with Crippen molar-refractivity contribution in [1.82, 2.24) is 9.78 Å². The van der Waals surface area contributed by atoms with Crippen LogP contribution in [-0.4, -0.2) is 28.8 Å². The number of nitrogens with zero attached hydrogens (tertiary/aromatic N) is 2. The molecule has 2 heterocycles. The summed E-state index contributed by atoms with van der Waals surface area (Å²) in [5.74, 6) is 0.206. The minimum atomic E-state index is 0.0233. The molecule has 0 aliphatic carbocycles. The van der Waals surface area contributed by atoms with Gasteiger partial charge in [-0.3, -0.25) is 9.48 Å². The van der Waals surface area contributed by atoms with Crippen molar-refractivity contribution >= 4 is 5.78 Å². The molecule has 4 heteroatoms. The Balaban J connectivity index is 2.18. The molecule has 4 nitrogen and oxygen atoms in total. The van der Waals surface area contributed by atoms with Crippen LogP contribution in [0.1, 0.15) is 35.9 Å². The first-order valence-electron chi connectivity index (χ1n) is 5.88. The molecule has 1 saturated heterocycles. The third kappa shape index (κ3) is 2.16. The highest BCUT2D eigenvalue weighted by Gasteiger charge is 2.25. The fourth-order valence-electron chi connectivity index (χ4n) is 2.14. The van der Waals surface area contributed by atoms with Gasteiger partial charge in [-0.15, -0.1) is 0 Å². The fourth-order valence-corrected chi connectivity index (χ4v) is 2.14. The number of hydrogen-bond donors (Lipinski definition) is 0. The van der Waals surface area contributed by atoms with Crippen LogP contribution in [0.25, 0.3) is 0 Å². The number of carbonyl (C=O) groups is 1. The Morgan fingerprint density at radius 1 is 1.69 bits per heavy atom. The monoisotopic (exact) mass is 222 g/mol. The standard InChI is InChI=1S/C12H18N2O2/c1-3-14-11(7-9(2)13-14)12(15)10-5-4-6-16-8-10/h7,10H,3-6,8H2,1-2H3. The van der Waals surface area contributed by atoms with Gasteiger partial charge in [-0.1, -0.05) is 0 Å². The van der Waals surface area contributed by atoms with E-state index in [9.17, 15) is 4.79 Å². The molecule has 1 aliphatic heterocycles. The molecule has 1 aliphatic rings. The average Bonchev–Trinajstić information content (AvgIpc) is 2.70. The Morgan fingerprint density at radius 3 is 3.12 bits per heavy atom. The van der Waals surface area contributed by atoms with E-state index in [1.165, 1.54) is 0 Å². The van der Waals surface area contributed by atoms with E-state index in [0.717, 1.165) is 37.4 Å². The Labute approximate surface area is 95.6 Å². The first-order valence-corrected chi connectivity index (χ1v) is 5.88. The van der Waals surface area contributed by atoms with Crippen LogP contribution in [0, 0.1) is 12.8 Å². The quantitative estimate of drug-likeness (QED) is 0.733. The molecule has 2 rings (SSSR count). The second-order valence-electron chi connectivity index (χ2n) is 4.27. The Morgan fingerprint density at radius 2 is 2.50 bits per heavy atom. The molecule has 0 saturated carbocycles. The van der Waals surface area contributed by atoms with E-state index in [2.05, 4.69) is 5.10 Å².